The van der Waals surface area contributed by atoms with Gasteiger partial charge in [0.05, 0.1) is 28.5 Å². The van der Waals surface area contributed by atoms with Crippen LogP contribution >= 0.6 is 0 Å². The Bertz CT molecular complexity index is 2870. The van der Waals surface area contributed by atoms with E-state index in [1.807, 2.05) is 54.6 Å². The summed E-state index contributed by atoms with van der Waals surface area (Å²) >= 11 is 0. The first-order valence-corrected chi connectivity index (χ1v) is 16.6. The highest BCUT2D eigenvalue weighted by Crippen LogP contribution is 2.39. The lowest BCUT2D eigenvalue weighted by molar-refractivity contribution is 0.667. The Kier molecular flexibility index (Phi) is 6.39. The van der Waals surface area contributed by atoms with Gasteiger partial charge in [-0.25, -0.2) is 15.0 Å². The molecule has 0 bridgehead atoms. The summed E-state index contributed by atoms with van der Waals surface area (Å²) in [6, 6.07) is 52.3. The quantitative estimate of drug-likeness (QED) is 0.187. The first-order valence-electron chi connectivity index (χ1n) is 16.6. The van der Waals surface area contributed by atoms with Crippen LogP contribution in [-0.2, 0) is 0 Å². The second kappa shape index (κ2) is 11.4. The van der Waals surface area contributed by atoms with Crippen molar-refractivity contribution in [1.29, 1.82) is 0 Å². The minimum Gasteiger partial charge on any atom is -0.454 e. The van der Waals surface area contributed by atoms with Crippen LogP contribution in [0.25, 0.3) is 94.7 Å². The van der Waals surface area contributed by atoms with Gasteiger partial charge in [0.2, 0.25) is 0 Å². The maximum Gasteiger partial charge on any atom is 0.167 e. The SMILES string of the molecule is c1ccc(-c2ccc3c(c2)c2ccccc2n3-c2ccccc2-c2nc(-c3ccccc3)nc(-c3cccc4c3oc3cnccc34)n2)cc1. The van der Waals surface area contributed by atoms with E-state index in [1.54, 1.807) is 12.4 Å². The number of hydrogen-bond acceptors (Lipinski definition) is 5. The van der Waals surface area contributed by atoms with Gasteiger partial charge in [-0.2, -0.15) is 0 Å². The van der Waals surface area contributed by atoms with Crippen molar-refractivity contribution in [2.75, 3.05) is 0 Å². The lowest BCUT2D eigenvalue weighted by Crippen LogP contribution is -2.03. The average molecular weight is 642 g/mol. The molecule has 50 heavy (non-hydrogen) atoms. The lowest BCUT2D eigenvalue weighted by atomic mass is 10.0. The highest BCUT2D eigenvalue weighted by atomic mass is 16.3. The molecule has 0 aliphatic heterocycles. The molecule has 0 saturated heterocycles. The van der Waals surface area contributed by atoms with E-state index in [2.05, 4.69) is 107 Å². The first kappa shape index (κ1) is 28.1. The molecule has 4 heterocycles. The minimum absolute atomic E-state index is 0.538. The molecule has 0 atom stereocenters. The number of rotatable bonds is 5. The van der Waals surface area contributed by atoms with Gasteiger partial charge in [-0.3, -0.25) is 4.98 Å². The van der Waals surface area contributed by atoms with Gasteiger partial charge < -0.3 is 8.98 Å². The molecule has 0 saturated carbocycles. The van der Waals surface area contributed by atoms with Gasteiger partial charge in [-0.1, -0.05) is 109 Å². The molecule has 0 N–H and O–H groups in total. The Labute approximate surface area is 287 Å². The molecule has 6 aromatic carbocycles. The smallest absolute Gasteiger partial charge is 0.167 e. The van der Waals surface area contributed by atoms with Crippen molar-refractivity contribution in [3.63, 3.8) is 0 Å². The number of pyridine rings is 1. The molecule has 0 radical (unpaired) electrons. The first-order chi connectivity index (χ1) is 24.8. The third kappa shape index (κ3) is 4.50. The molecule has 0 aliphatic carbocycles. The molecule has 0 unspecified atom stereocenters. The Hall–Kier alpha value is -6.92. The van der Waals surface area contributed by atoms with Gasteiger partial charge in [-0.15, -0.1) is 0 Å². The molecule has 0 fully saturated rings. The van der Waals surface area contributed by atoms with E-state index in [-0.39, 0.29) is 0 Å². The van der Waals surface area contributed by atoms with E-state index in [9.17, 15) is 0 Å². The predicted molar refractivity (Wildman–Crippen MR) is 201 cm³/mol. The summed E-state index contributed by atoms with van der Waals surface area (Å²) < 4.78 is 8.71. The summed E-state index contributed by atoms with van der Waals surface area (Å²) in [5, 5.41) is 4.36. The van der Waals surface area contributed by atoms with Gasteiger partial charge in [-0.05, 0) is 53.6 Å². The minimum atomic E-state index is 0.538. The number of nitrogens with zero attached hydrogens (tertiary/aromatic N) is 5. The summed E-state index contributed by atoms with van der Waals surface area (Å²) in [4.78, 5) is 19.6. The zero-order chi connectivity index (χ0) is 33.0. The third-order valence-corrected chi connectivity index (χ3v) is 9.38. The average Bonchev–Trinajstić information content (AvgIpc) is 3.74. The summed E-state index contributed by atoms with van der Waals surface area (Å²) in [6.07, 6.45) is 3.53. The largest absolute Gasteiger partial charge is 0.454 e. The van der Waals surface area contributed by atoms with Crippen molar-refractivity contribution in [2.45, 2.75) is 0 Å². The van der Waals surface area contributed by atoms with E-state index >= 15 is 0 Å². The second-order valence-corrected chi connectivity index (χ2v) is 12.3. The van der Waals surface area contributed by atoms with Crippen LogP contribution in [0.5, 0.6) is 0 Å². The molecule has 4 aromatic heterocycles. The Morgan fingerprint density at radius 1 is 0.440 bits per heavy atom. The lowest BCUT2D eigenvalue weighted by Gasteiger charge is -2.14. The van der Waals surface area contributed by atoms with Crippen LogP contribution in [0.3, 0.4) is 0 Å². The molecule has 10 aromatic rings. The van der Waals surface area contributed by atoms with E-state index in [0.29, 0.717) is 17.5 Å². The van der Waals surface area contributed by atoms with Crippen LogP contribution in [0.2, 0.25) is 0 Å². The number of para-hydroxylation sites is 3. The molecule has 6 heteroatoms. The summed E-state index contributed by atoms with van der Waals surface area (Å²) in [6.45, 7) is 0. The normalized spacial score (nSPS) is 11.6. The summed E-state index contributed by atoms with van der Waals surface area (Å²) in [7, 11) is 0. The molecular weight excluding hydrogens is 615 g/mol. The molecule has 10 rings (SSSR count). The number of hydrogen-bond donors (Lipinski definition) is 0. The van der Waals surface area contributed by atoms with E-state index in [0.717, 1.165) is 55.3 Å². The van der Waals surface area contributed by atoms with Crippen LogP contribution in [0.1, 0.15) is 0 Å². The highest BCUT2D eigenvalue weighted by Gasteiger charge is 2.21. The number of benzene rings is 6. The van der Waals surface area contributed by atoms with E-state index in [1.165, 1.54) is 21.9 Å². The molecular formula is C44H27N5O. The van der Waals surface area contributed by atoms with Gasteiger partial charge in [0, 0.05) is 38.9 Å². The van der Waals surface area contributed by atoms with E-state index < -0.39 is 0 Å². The number of furan rings is 1. The fourth-order valence-electron chi connectivity index (χ4n) is 7.06. The fraction of sp³-hybridized carbons (Fsp3) is 0. The second-order valence-electron chi connectivity index (χ2n) is 12.3. The van der Waals surface area contributed by atoms with Crippen molar-refractivity contribution in [2.24, 2.45) is 0 Å². The van der Waals surface area contributed by atoms with Crippen LogP contribution < -0.4 is 0 Å². The fourth-order valence-corrected chi connectivity index (χ4v) is 7.06. The predicted octanol–water partition coefficient (Wildman–Crippen LogP) is 10.9. The Balaban J connectivity index is 1.22. The van der Waals surface area contributed by atoms with Crippen LogP contribution in [-0.4, -0.2) is 24.5 Å². The summed E-state index contributed by atoms with van der Waals surface area (Å²) in [5.74, 6) is 1.70. The maximum absolute atomic E-state index is 6.38. The van der Waals surface area contributed by atoms with Crippen molar-refractivity contribution in [3.8, 4) is 51.0 Å². The van der Waals surface area contributed by atoms with Crippen molar-refractivity contribution in [3.05, 3.63) is 164 Å². The molecule has 6 nitrogen and oxygen atoms in total. The Morgan fingerprint density at radius 3 is 1.96 bits per heavy atom. The van der Waals surface area contributed by atoms with Crippen LogP contribution in [0.4, 0.5) is 0 Å². The molecule has 0 aliphatic rings. The van der Waals surface area contributed by atoms with Crippen molar-refractivity contribution in [1.82, 2.24) is 24.5 Å². The van der Waals surface area contributed by atoms with Crippen molar-refractivity contribution < 1.29 is 4.42 Å². The highest BCUT2D eigenvalue weighted by molar-refractivity contribution is 6.11. The van der Waals surface area contributed by atoms with E-state index in [4.69, 9.17) is 19.4 Å². The third-order valence-electron chi connectivity index (χ3n) is 9.38. The standard InChI is InChI=1S/C44H27N5O/c1-3-12-28(13-4-1)30-22-23-39-36(26-30)31-16-7-9-20-37(31)49(39)38-21-10-8-17-34(38)43-46-42(29-14-5-2-6-15-29)47-44(48-43)35-19-11-18-33-32-24-25-45-27-40(32)50-41(33)35/h1-27H. The van der Waals surface area contributed by atoms with Crippen LogP contribution in [0, 0.1) is 0 Å². The van der Waals surface area contributed by atoms with Gasteiger partial charge in [0.15, 0.2) is 23.1 Å². The zero-order valence-corrected chi connectivity index (χ0v) is 26.7. The topological polar surface area (TPSA) is 69.6 Å². The monoisotopic (exact) mass is 641 g/mol. The number of aromatic nitrogens is 5. The molecule has 0 spiro atoms. The van der Waals surface area contributed by atoms with Gasteiger partial charge in [0.25, 0.3) is 0 Å². The van der Waals surface area contributed by atoms with Gasteiger partial charge in [0.1, 0.15) is 5.58 Å². The zero-order valence-electron chi connectivity index (χ0n) is 26.7. The van der Waals surface area contributed by atoms with Crippen LogP contribution in [0.15, 0.2) is 168 Å². The summed E-state index contributed by atoms with van der Waals surface area (Å²) in [5.41, 5.74) is 9.60. The molecule has 234 valence electrons. The maximum atomic E-state index is 6.38. The van der Waals surface area contributed by atoms with Gasteiger partial charge >= 0.3 is 0 Å². The van der Waals surface area contributed by atoms with Crippen molar-refractivity contribution >= 4 is 43.7 Å². The number of fused-ring (bicyclic) bond motifs is 6. The molecule has 0 amide bonds. The Morgan fingerprint density at radius 2 is 1.10 bits per heavy atom.